The van der Waals surface area contributed by atoms with E-state index < -0.39 is 18.4 Å². The van der Waals surface area contributed by atoms with Crippen molar-refractivity contribution in [3.63, 3.8) is 0 Å². The molecule has 2 N–H and O–H groups in total. The minimum atomic E-state index is -4.24. The van der Waals surface area contributed by atoms with Gasteiger partial charge in [-0.1, -0.05) is 0 Å². The quantitative estimate of drug-likeness (QED) is 0.445. The molecule has 0 radical (unpaired) electrons. The molecule has 2 fully saturated rings. The summed E-state index contributed by atoms with van der Waals surface area (Å²) in [6, 6.07) is 7.47. The van der Waals surface area contributed by atoms with Gasteiger partial charge in [-0.15, -0.1) is 11.3 Å². The van der Waals surface area contributed by atoms with Crippen LogP contribution in [0.25, 0.3) is 21.3 Å². The van der Waals surface area contributed by atoms with E-state index in [1.54, 1.807) is 12.1 Å². The normalized spacial score (nSPS) is 23.0. The number of thiophene rings is 1. The van der Waals surface area contributed by atoms with Crippen LogP contribution in [0.4, 0.5) is 24.7 Å². The van der Waals surface area contributed by atoms with Crippen LogP contribution in [0, 0.1) is 5.41 Å². The number of fused-ring (bicyclic) bond motifs is 2. The minimum Gasteiger partial charge on any atom is -0.408 e. The zero-order valence-electron chi connectivity index (χ0n) is 17.4. The lowest BCUT2D eigenvalue weighted by Crippen LogP contribution is -2.46. The Morgan fingerprint density at radius 2 is 2.12 bits per heavy atom. The van der Waals surface area contributed by atoms with Crippen molar-refractivity contribution < 1.29 is 17.6 Å². The Morgan fingerprint density at radius 3 is 2.94 bits per heavy atom. The van der Waals surface area contributed by atoms with Gasteiger partial charge in [0.25, 0.3) is 0 Å². The van der Waals surface area contributed by atoms with Crippen LogP contribution >= 0.6 is 11.3 Å². The van der Waals surface area contributed by atoms with Gasteiger partial charge in [0.1, 0.15) is 17.0 Å². The zero-order valence-corrected chi connectivity index (χ0v) is 18.2. The predicted octanol–water partition coefficient (Wildman–Crippen LogP) is 4.70. The average Bonchev–Trinajstić information content (AvgIpc) is 3.41. The second-order valence-electron chi connectivity index (χ2n) is 9.07. The number of H-pyrrole nitrogens is 1. The van der Waals surface area contributed by atoms with Crippen molar-refractivity contribution in [2.45, 2.75) is 37.9 Å². The Kier molecular flexibility index (Phi) is 4.48. The molecular weight excluding hydrogens is 455 g/mol. The number of nitrogens with zero attached hydrogens (tertiary/aromatic N) is 3. The lowest BCUT2D eigenvalue weighted by molar-refractivity contribution is -0.126. The summed E-state index contributed by atoms with van der Waals surface area (Å²) in [5.41, 5.74) is 2.31. The molecule has 1 aliphatic carbocycles. The van der Waals surface area contributed by atoms with E-state index in [-0.39, 0.29) is 10.3 Å². The first-order valence-electron chi connectivity index (χ1n) is 10.7. The highest BCUT2D eigenvalue weighted by atomic mass is 32.1. The van der Waals surface area contributed by atoms with Gasteiger partial charge in [-0.25, -0.2) is 14.8 Å². The van der Waals surface area contributed by atoms with Crippen molar-refractivity contribution in [3.8, 4) is 0 Å². The maximum absolute atomic E-state index is 12.8. The number of halogens is 3. The van der Waals surface area contributed by atoms with Crippen LogP contribution in [-0.2, 0) is 6.42 Å². The van der Waals surface area contributed by atoms with Crippen molar-refractivity contribution in [3.05, 3.63) is 46.0 Å². The molecule has 0 bridgehead atoms. The van der Waals surface area contributed by atoms with E-state index in [4.69, 9.17) is 4.42 Å². The zero-order chi connectivity index (χ0) is 22.8. The second kappa shape index (κ2) is 7.21. The van der Waals surface area contributed by atoms with E-state index in [0.29, 0.717) is 27.4 Å². The summed E-state index contributed by atoms with van der Waals surface area (Å²) < 4.78 is 43.5. The largest absolute Gasteiger partial charge is 0.417 e. The SMILES string of the molecule is O=c1[nH]c2cc(NC3CC4(CCN(c5ncnc6sc(CC(F)(F)F)cc56)C4)C3)ccc2o1. The summed E-state index contributed by atoms with van der Waals surface area (Å²) in [5, 5.41) is 4.23. The first-order valence-corrected chi connectivity index (χ1v) is 11.5. The van der Waals surface area contributed by atoms with Gasteiger partial charge in [-0.05, 0) is 48.9 Å². The Balaban J connectivity index is 1.14. The van der Waals surface area contributed by atoms with Gasteiger partial charge >= 0.3 is 11.9 Å². The molecule has 2 aliphatic rings. The highest BCUT2D eigenvalue weighted by molar-refractivity contribution is 7.18. The first kappa shape index (κ1) is 20.5. The molecular formula is C22H20F3N5O2S. The number of benzene rings is 1. The Bertz CT molecular complexity index is 1400. The first-order chi connectivity index (χ1) is 15.8. The molecule has 11 heteroatoms. The Hall–Kier alpha value is -3.08. The van der Waals surface area contributed by atoms with Gasteiger partial charge in [0.05, 0.1) is 17.3 Å². The van der Waals surface area contributed by atoms with Gasteiger partial charge in [-0.2, -0.15) is 13.2 Å². The lowest BCUT2D eigenvalue weighted by atomic mass is 9.65. The van der Waals surface area contributed by atoms with Crippen molar-refractivity contribution in [2.75, 3.05) is 23.3 Å². The minimum absolute atomic E-state index is 0.174. The molecule has 7 nitrogen and oxygen atoms in total. The van der Waals surface area contributed by atoms with E-state index in [9.17, 15) is 18.0 Å². The van der Waals surface area contributed by atoms with Crippen LogP contribution < -0.4 is 16.0 Å². The smallest absolute Gasteiger partial charge is 0.408 e. The molecule has 3 aromatic heterocycles. The van der Waals surface area contributed by atoms with Gasteiger partial charge in [0, 0.05) is 29.7 Å². The molecule has 4 aromatic rings. The van der Waals surface area contributed by atoms with E-state index in [0.717, 1.165) is 55.2 Å². The number of rotatable bonds is 4. The third-order valence-electron chi connectivity index (χ3n) is 6.62. The molecule has 1 spiro atoms. The molecule has 1 saturated heterocycles. The van der Waals surface area contributed by atoms with Crippen molar-refractivity contribution in [1.29, 1.82) is 0 Å². The van der Waals surface area contributed by atoms with Gasteiger partial charge in [0.2, 0.25) is 0 Å². The molecule has 172 valence electrons. The van der Waals surface area contributed by atoms with E-state index in [1.807, 2.05) is 12.1 Å². The fourth-order valence-corrected chi connectivity index (χ4v) is 6.26. The highest BCUT2D eigenvalue weighted by Gasteiger charge is 2.49. The van der Waals surface area contributed by atoms with Crippen molar-refractivity contribution in [2.24, 2.45) is 5.41 Å². The monoisotopic (exact) mass is 475 g/mol. The molecule has 1 aromatic carbocycles. The number of anilines is 2. The number of oxazole rings is 1. The van der Waals surface area contributed by atoms with Crippen LogP contribution in [0.15, 0.2) is 39.8 Å². The third-order valence-corrected chi connectivity index (χ3v) is 7.66. The molecule has 33 heavy (non-hydrogen) atoms. The van der Waals surface area contributed by atoms with Crippen LogP contribution in [-0.4, -0.2) is 40.3 Å². The van der Waals surface area contributed by atoms with Gasteiger partial charge < -0.3 is 14.6 Å². The molecule has 6 rings (SSSR count). The number of nitrogens with one attached hydrogen (secondary N) is 2. The van der Waals surface area contributed by atoms with Crippen LogP contribution in [0.5, 0.6) is 0 Å². The van der Waals surface area contributed by atoms with E-state index >= 15 is 0 Å². The number of hydrogen-bond acceptors (Lipinski definition) is 7. The molecule has 1 aliphatic heterocycles. The fourth-order valence-electron chi connectivity index (χ4n) is 5.24. The third kappa shape index (κ3) is 3.84. The second-order valence-corrected chi connectivity index (χ2v) is 10.2. The summed E-state index contributed by atoms with van der Waals surface area (Å²) >= 11 is 1.08. The highest BCUT2D eigenvalue weighted by Crippen LogP contribution is 2.50. The van der Waals surface area contributed by atoms with E-state index in [2.05, 4.69) is 25.2 Å². The Morgan fingerprint density at radius 1 is 1.27 bits per heavy atom. The Labute approximate surface area is 189 Å². The molecule has 0 amide bonds. The van der Waals surface area contributed by atoms with Crippen molar-refractivity contribution in [1.82, 2.24) is 15.0 Å². The summed E-state index contributed by atoms with van der Waals surface area (Å²) in [6.45, 7) is 1.65. The predicted molar refractivity (Wildman–Crippen MR) is 120 cm³/mol. The molecule has 1 saturated carbocycles. The lowest BCUT2D eigenvalue weighted by Gasteiger charge is -2.46. The fraction of sp³-hybridized carbons (Fsp3) is 0.409. The summed E-state index contributed by atoms with van der Waals surface area (Å²) in [6.07, 6.45) is -0.718. The van der Waals surface area contributed by atoms with Gasteiger partial charge in [-0.3, -0.25) is 4.98 Å². The van der Waals surface area contributed by atoms with Crippen LogP contribution in [0.1, 0.15) is 24.1 Å². The molecule has 0 unspecified atom stereocenters. The number of aromatic amines is 1. The van der Waals surface area contributed by atoms with Gasteiger partial charge in [0.15, 0.2) is 5.58 Å². The van der Waals surface area contributed by atoms with Crippen LogP contribution in [0.3, 0.4) is 0 Å². The summed E-state index contributed by atoms with van der Waals surface area (Å²) in [4.78, 5) is 25.7. The topological polar surface area (TPSA) is 87.0 Å². The number of hydrogen-bond donors (Lipinski definition) is 2. The molecule has 0 atom stereocenters. The summed E-state index contributed by atoms with van der Waals surface area (Å²) in [7, 11) is 0. The molecule has 4 heterocycles. The standard InChI is InChI=1S/C22H20F3N5O2S/c23-22(24,25)9-14-6-15-18(26-11-27-19(15)33-14)30-4-3-21(10-30)7-13(8-21)28-12-1-2-17-16(5-12)29-20(31)32-17/h1-2,5-6,11,13,28H,3-4,7-10H2,(H,29,31). The van der Waals surface area contributed by atoms with Crippen molar-refractivity contribution >= 4 is 44.2 Å². The maximum atomic E-state index is 12.8. The number of alkyl halides is 3. The van der Waals surface area contributed by atoms with Crippen LogP contribution in [0.2, 0.25) is 0 Å². The number of aromatic nitrogens is 3. The summed E-state index contributed by atoms with van der Waals surface area (Å²) in [5.74, 6) is 0.262. The maximum Gasteiger partial charge on any atom is 0.417 e. The van der Waals surface area contributed by atoms with E-state index in [1.165, 1.54) is 6.33 Å². The average molecular weight is 475 g/mol.